The lowest BCUT2D eigenvalue weighted by Gasteiger charge is -2.10. The van der Waals surface area contributed by atoms with Gasteiger partial charge in [-0.3, -0.25) is 9.36 Å². The zero-order valence-corrected chi connectivity index (χ0v) is 11.4. The second-order valence-corrected chi connectivity index (χ2v) is 8.25. The van der Waals surface area contributed by atoms with Crippen molar-refractivity contribution >= 4 is 32.5 Å². The summed E-state index contributed by atoms with van der Waals surface area (Å²) in [5, 5.41) is 1.13. The fraction of sp³-hybridized carbons (Fsp3) is 0.333. The van der Waals surface area contributed by atoms with E-state index >= 15 is 0 Å². The number of sulfone groups is 1. The van der Waals surface area contributed by atoms with E-state index in [1.54, 1.807) is 16.7 Å². The van der Waals surface area contributed by atoms with Gasteiger partial charge in [0.2, 0.25) is 0 Å². The molecule has 1 saturated heterocycles. The zero-order valence-electron chi connectivity index (χ0n) is 9.81. The minimum atomic E-state index is -3.03. The number of hydrogen-bond acceptors (Lipinski definition) is 5. The smallest absolute Gasteiger partial charge is 0.262 e. The topological polar surface area (TPSA) is 69.0 Å². The third-order valence-electron chi connectivity index (χ3n) is 3.64. The summed E-state index contributed by atoms with van der Waals surface area (Å²) in [5.41, 5.74) is 0.548. The average molecular weight is 294 g/mol. The Bertz CT molecular complexity index is 857. The van der Waals surface area contributed by atoms with Crippen LogP contribution >= 0.6 is 11.8 Å². The Hall–Kier alpha value is -1.34. The highest BCUT2D eigenvalue weighted by Crippen LogP contribution is 2.43. The summed E-state index contributed by atoms with van der Waals surface area (Å²) in [6, 6.07) is 6.93. The molecule has 0 saturated carbocycles. The van der Waals surface area contributed by atoms with Gasteiger partial charge in [-0.25, -0.2) is 13.4 Å². The summed E-state index contributed by atoms with van der Waals surface area (Å²) in [5.74, 6) is 0.194. The van der Waals surface area contributed by atoms with Crippen LogP contribution in [0.15, 0.2) is 34.2 Å². The first-order valence-electron chi connectivity index (χ1n) is 5.93. The van der Waals surface area contributed by atoms with Gasteiger partial charge < -0.3 is 0 Å². The fourth-order valence-corrected chi connectivity index (χ4v) is 6.69. The van der Waals surface area contributed by atoms with Crippen LogP contribution in [-0.2, 0) is 9.84 Å². The molecule has 4 rings (SSSR count). The van der Waals surface area contributed by atoms with Crippen molar-refractivity contribution in [3.05, 3.63) is 34.6 Å². The molecule has 0 aliphatic carbocycles. The zero-order chi connectivity index (χ0) is 13.2. The number of fused-ring (bicyclic) bond motifs is 4. The van der Waals surface area contributed by atoms with Crippen molar-refractivity contribution in [1.29, 1.82) is 0 Å². The molecule has 1 aromatic carbocycles. The quantitative estimate of drug-likeness (QED) is 0.674. The molecule has 0 amide bonds. The fourth-order valence-electron chi connectivity index (χ4n) is 2.79. The largest absolute Gasteiger partial charge is 0.282 e. The van der Waals surface area contributed by atoms with E-state index < -0.39 is 9.84 Å². The van der Waals surface area contributed by atoms with Crippen LogP contribution in [0, 0.1) is 0 Å². The van der Waals surface area contributed by atoms with Crippen molar-refractivity contribution in [3.8, 4) is 0 Å². The molecule has 19 heavy (non-hydrogen) atoms. The summed E-state index contributed by atoms with van der Waals surface area (Å²) in [6.07, 6.45) is 0. The Morgan fingerprint density at radius 1 is 1.26 bits per heavy atom. The van der Waals surface area contributed by atoms with Gasteiger partial charge in [0.1, 0.15) is 0 Å². The lowest BCUT2D eigenvalue weighted by Crippen LogP contribution is -2.27. The Morgan fingerprint density at radius 3 is 2.89 bits per heavy atom. The number of para-hydroxylation sites is 1. The Kier molecular flexibility index (Phi) is 2.18. The number of hydrogen-bond donors (Lipinski definition) is 0. The molecule has 2 unspecified atom stereocenters. The van der Waals surface area contributed by atoms with Crippen LogP contribution in [0.4, 0.5) is 0 Å². The summed E-state index contributed by atoms with van der Waals surface area (Å²) in [6.45, 7) is 0. The molecule has 2 aromatic rings. The van der Waals surface area contributed by atoms with E-state index in [4.69, 9.17) is 0 Å². The van der Waals surface area contributed by atoms with Crippen LogP contribution < -0.4 is 5.56 Å². The van der Waals surface area contributed by atoms with Crippen LogP contribution in [0.25, 0.3) is 10.9 Å². The van der Waals surface area contributed by atoms with E-state index in [-0.39, 0.29) is 28.4 Å². The summed E-state index contributed by atoms with van der Waals surface area (Å²) in [4.78, 5) is 17.0. The number of rotatable bonds is 0. The van der Waals surface area contributed by atoms with Gasteiger partial charge >= 0.3 is 0 Å². The molecule has 1 aromatic heterocycles. The van der Waals surface area contributed by atoms with Gasteiger partial charge in [-0.1, -0.05) is 23.9 Å². The van der Waals surface area contributed by atoms with Crippen LogP contribution in [0.2, 0.25) is 0 Å². The molecule has 7 heteroatoms. The second kappa shape index (κ2) is 3.61. The van der Waals surface area contributed by atoms with E-state index in [0.717, 1.165) is 0 Å². The molecule has 2 aliphatic rings. The maximum Gasteiger partial charge on any atom is 0.262 e. The standard InChI is InChI=1S/C12H10N2O3S2/c15-11-7-3-1-2-4-8(7)13-12-14(11)9-5-19(16,17)6-10(9)18-12/h1-4,9-10H,5-6H2. The third kappa shape index (κ3) is 1.58. The van der Waals surface area contributed by atoms with Gasteiger partial charge in [0.05, 0.1) is 28.5 Å². The van der Waals surface area contributed by atoms with E-state index in [1.807, 2.05) is 12.1 Å². The highest BCUT2D eigenvalue weighted by molar-refractivity contribution is 8.02. The average Bonchev–Trinajstić information content (AvgIpc) is 2.80. The first-order valence-corrected chi connectivity index (χ1v) is 8.64. The number of benzene rings is 1. The predicted octanol–water partition coefficient (Wildman–Crippen LogP) is 0.840. The van der Waals surface area contributed by atoms with E-state index in [9.17, 15) is 13.2 Å². The maximum absolute atomic E-state index is 12.5. The predicted molar refractivity (Wildman–Crippen MR) is 73.3 cm³/mol. The molecule has 0 bridgehead atoms. The second-order valence-electron chi connectivity index (χ2n) is 4.89. The first kappa shape index (κ1) is 11.5. The highest BCUT2D eigenvalue weighted by atomic mass is 32.2. The summed E-state index contributed by atoms with van der Waals surface area (Å²) < 4.78 is 24.9. The van der Waals surface area contributed by atoms with Gasteiger partial charge in [0, 0.05) is 5.25 Å². The molecule has 3 heterocycles. The molecule has 0 N–H and O–H groups in total. The molecule has 98 valence electrons. The lowest BCUT2D eigenvalue weighted by molar-refractivity contribution is 0.524. The third-order valence-corrected chi connectivity index (χ3v) is 6.85. The van der Waals surface area contributed by atoms with Gasteiger partial charge in [-0.2, -0.15) is 0 Å². The maximum atomic E-state index is 12.5. The highest BCUT2D eigenvalue weighted by Gasteiger charge is 2.45. The van der Waals surface area contributed by atoms with Crippen molar-refractivity contribution in [2.75, 3.05) is 11.5 Å². The van der Waals surface area contributed by atoms with Gasteiger partial charge in [-0.15, -0.1) is 0 Å². The van der Waals surface area contributed by atoms with Gasteiger partial charge in [0.25, 0.3) is 5.56 Å². The minimum Gasteiger partial charge on any atom is -0.282 e. The molecular formula is C12H10N2O3S2. The summed E-state index contributed by atoms with van der Waals surface area (Å²) in [7, 11) is -3.03. The lowest BCUT2D eigenvalue weighted by atomic mass is 10.2. The molecule has 1 fully saturated rings. The molecule has 0 radical (unpaired) electrons. The molecule has 5 nitrogen and oxygen atoms in total. The van der Waals surface area contributed by atoms with E-state index in [1.165, 1.54) is 11.8 Å². The van der Waals surface area contributed by atoms with Crippen LogP contribution in [0.1, 0.15) is 6.04 Å². The van der Waals surface area contributed by atoms with E-state index in [0.29, 0.717) is 16.1 Å². The summed E-state index contributed by atoms with van der Waals surface area (Å²) >= 11 is 1.41. The van der Waals surface area contributed by atoms with Gasteiger partial charge in [-0.05, 0) is 12.1 Å². The Balaban J connectivity index is 2.01. The Morgan fingerprint density at radius 2 is 2.05 bits per heavy atom. The molecule has 0 spiro atoms. The molecular weight excluding hydrogens is 284 g/mol. The van der Waals surface area contributed by atoms with Crippen molar-refractivity contribution in [2.45, 2.75) is 16.4 Å². The Labute approximate surface area is 113 Å². The monoisotopic (exact) mass is 294 g/mol. The van der Waals surface area contributed by atoms with Crippen molar-refractivity contribution < 1.29 is 8.42 Å². The van der Waals surface area contributed by atoms with E-state index in [2.05, 4.69) is 4.98 Å². The van der Waals surface area contributed by atoms with Crippen molar-refractivity contribution in [1.82, 2.24) is 9.55 Å². The van der Waals surface area contributed by atoms with Crippen LogP contribution in [0.5, 0.6) is 0 Å². The normalized spacial score (nSPS) is 27.4. The van der Waals surface area contributed by atoms with Gasteiger partial charge in [0.15, 0.2) is 15.0 Å². The van der Waals surface area contributed by atoms with Crippen molar-refractivity contribution in [3.63, 3.8) is 0 Å². The van der Waals surface area contributed by atoms with Crippen molar-refractivity contribution in [2.24, 2.45) is 0 Å². The molecule has 2 atom stereocenters. The number of thioether (sulfide) groups is 1. The number of nitrogens with zero attached hydrogens (tertiary/aromatic N) is 2. The SMILES string of the molecule is O=c1c2ccccc2nc2n1C1CS(=O)(=O)CC1S2. The minimum absolute atomic E-state index is 0.0532. The van der Waals surface area contributed by atoms with Crippen LogP contribution in [0.3, 0.4) is 0 Å². The molecule has 2 aliphatic heterocycles. The van der Waals surface area contributed by atoms with Crippen LogP contribution in [-0.4, -0.2) is 34.7 Å². The number of aromatic nitrogens is 2. The first-order chi connectivity index (χ1) is 9.05.